The van der Waals surface area contributed by atoms with E-state index in [1.807, 2.05) is 6.07 Å². The first-order valence-electron chi connectivity index (χ1n) is 9.36. The number of benzene rings is 2. The van der Waals surface area contributed by atoms with Gasteiger partial charge in [-0.3, -0.25) is 4.90 Å². The second-order valence-corrected chi connectivity index (χ2v) is 8.04. The number of thiazole rings is 1. The first kappa shape index (κ1) is 17.9. The van der Waals surface area contributed by atoms with Gasteiger partial charge < -0.3 is 14.4 Å². The van der Waals surface area contributed by atoms with E-state index in [0.717, 1.165) is 29.4 Å². The van der Waals surface area contributed by atoms with Crippen molar-refractivity contribution in [2.75, 3.05) is 0 Å². The van der Waals surface area contributed by atoms with Gasteiger partial charge >= 0.3 is 0 Å². The van der Waals surface area contributed by atoms with E-state index >= 15 is 0 Å². The molecule has 4 aromatic rings. The van der Waals surface area contributed by atoms with E-state index in [-0.39, 0.29) is 11.8 Å². The Bertz CT molecular complexity index is 1110. The Kier molecular flexibility index (Phi) is 4.54. The summed E-state index contributed by atoms with van der Waals surface area (Å²) in [5.74, 6) is 1.65. The highest BCUT2D eigenvalue weighted by atomic mass is 32.1. The molecule has 1 N–H and O–H groups in total. The third-order valence-corrected chi connectivity index (χ3v) is 6.03. The largest absolute Gasteiger partial charge is 0.508 e. The van der Waals surface area contributed by atoms with Gasteiger partial charge in [-0.05, 0) is 42.3 Å². The van der Waals surface area contributed by atoms with E-state index in [9.17, 15) is 5.11 Å². The number of aromatic hydroxyl groups is 1. The topological polar surface area (TPSA) is 71.6 Å². The molecule has 0 saturated carbocycles. The summed E-state index contributed by atoms with van der Waals surface area (Å²) >= 11 is 1.40. The lowest BCUT2D eigenvalue weighted by molar-refractivity contribution is 0.180. The van der Waals surface area contributed by atoms with E-state index in [0.29, 0.717) is 10.9 Å². The maximum Gasteiger partial charge on any atom is 0.279 e. The van der Waals surface area contributed by atoms with Crippen molar-refractivity contribution in [1.82, 2.24) is 15.0 Å². The van der Waals surface area contributed by atoms with Crippen LogP contribution in [-0.4, -0.2) is 20.1 Å². The average Bonchev–Trinajstić information content (AvgIpc) is 3.48. The maximum absolute atomic E-state index is 9.36. The molecular weight excluding hydrogens is 386 g/mol. The van der Waals surface area contributed by atoms with Crippen LogP contribution in [0, 0.1) is 0 Å². The number of hydrogen-bond donors (Lipinski definition) is 1. The molecule has 7 heteroatoms. The van der Waals surface area contributed by atoms with Crippen LogP contribution < -0.4 is 4.74 Å². The molecule has 5 rings (SSSR count). The maximum atomic E-state index is 9.36. The van der Waals surface area contributed by atoms with Gasteiger partial charge in [0.25, 0.3) is 5.19 Å². The number of phenols is 1. The smallest absolute Gasteiger partial charge is 0.279 e. The van der Waals surface area contributed by atoms with Crippen LogP contribution in [0.5, 0.6) is 16.7 Å². The fourth-order valence-electron chi connectivity index (χ4n) is 3.45. The Labute approximate surface area is 172 Å². The van der Waals surface area contributed by atoms with Crippen LogP contribution in [-0.2, 0) is 13.1 Å². The standard InChI is InChI=1S/C22H19N3O3S/c1-14(25-12-15-4-2-3-5-16(15)13-25)20-10-19(24-28-20)21-11-23-22(29-21)27-18-8-6-17(26)7-9-18/h2-11,14,26H,12-13H2,1H3. The number of rotatable bonds is 5. The second-order valence-electron chi connectivity index (χ2n) is 7.05. The predicted molar refractivity (Wildman–Crippen MR) is 110 cm³/mol. The molecule has 1 unspecified atom stereocenters. The molecule has 29 heavy (non-hydrogen) atoms. The molecule has 0 bridgehead atoms. The molecule has 6 nitrogen and oxygen atoms in total. The van der Waals surface area contributed by atoms with Crippen molar-refractivity contribution in [2.45, 2.75) is 26.1 Å². The highest BCUT2D eigenvalue weighted by Crippen LogP contribution is 2.36. The van der Waals surface area contributed by atoms with Crippen molar-refractivity contribution >= 4 is 11.3 Å². The van der Waals surface area contributed by atoms with E-state index in [2.05, 4.69) is 46.2 Å². The summed E-state index contributed by atoms with van der Waals surface area (Å²) in [5.41, 5.74) is 3.50. The first-order chi connectivity index (χ1) is 14.2. The SMILES string of the molecule is CC(c1cc(-c2cnc(Oc3ccc(O)cc3)s2)no1)N1Cc2ccccc2C1. The van der Waals surface area contributed by atoms with Gasteiger partial charge in [0.1, 0.15) is 17.2 Å². The molecule has 2 aromatic heterocycles. The Morgan fingerprint density at radius 3 is 2.55 bits per heavy atom. The molecular formula is C22H19N3O3S. The zero-order chi connectivity index (χ0) is 19.8. The second kappa shape index (κ2) is 7.35. The van der Waals surface area contributed by atoms with Crippen LogP contribution >= 0.6 is 11.3 Å². The van der Waals surface area contributed by atoms with Gasteiger partial charge in [-0.2, -0.15) is 0 Å². The van der Waals surface area contributed by atoms with Crippen molar-refractivity contribution in [2.24, 2.45) is 0 Å². The fraction of sp³-hybridized carbons (Fsp3) is 0.182. The minimum atomic E-state index is 0.129. The minimum Gasteiger partial charge on any atom is -0.508 e. The van der Waals surface area contributed by atoms with Gasteiger partial charge in [0, 0.05) is 19.2 Å². The molecule has 0 radical (unpaired) electrons. The minimum absolute atomic E-state index is 0.129. The average molecular weight is 405 g/mol. The fourth-order valence-corrected chi connectivity index (χ4v) is 4.19. The van der Waals surface area contributed by atoms with E-state index in [1.165, 1.54) is 22.5 Å². The lowest BCUT2D eigenvalue weighted by atomic mass is 10.1. The van der Waals surface area contributed by atoms with Crippen molar-refractivity contribution in [3.63, 3.8) is 0 Å². The Morgan fingerprint density at radius 2 is 1.83 bits per heavy atom. The number of fused-ring (bicyclic) bond motifs is 1. The molecule has 1 atom stereocenters. The normalized spacial score (nSPS) is 14.7. The highest BCUT2D eigenvalue weighted by molar-refractivity contribution is 7.16. The number of phenolic OH excluding ortho intramolecular Hbond substituents is 1. The molecule has 0 spiro atoms. The van der Waals surface area contributed by atoms with Gasteiger partial charge in [0.05, 0.1) is 17.1 Å². The molecule has 1 aliphatic rings. The Hall–Kier alpha value is -3.16. The molecule has 1 aliphatic heterocycles. The summed E-state index contributed by atoms with van der Waals surface area (Å²) in [6.07, 6.45) is 1.73. The van der Waals surface area contributed by atoms with Crippen molar-refractivity contribution < 1.29 is 14.4 Å². The number of hydrogen-bond acceptors (Lipinski definition) is 7. The van der Waals surface area contributed by atoms with Crippen LogP contribution in [0.15, 0.2) is 65.3 Å². The Morgan fingerprint density at radius 1 is 1.10 bits per heavy atom. The van der Waals surface area contributed by atoms with Crippen molar-refractivity contribution in [3.8, 4) is 27.3 Å². The van der Waals surface area contributed by atoms with Crippen LogP contribution in [0.4, 0.5) is 0 Å². The summed E-state index contributed by atoms with van der Waals surface area (Å²) in [6, 6.07) is 17.2. The quantitative estimate of drug-likeness (QED) is 0.481. The summed E-state index contributed by atoms with van der Waals surface area (Å²) < 4.78 is 11.4. The van der Waals surface area contributed by atoms with Crippen LogP contribution in [0.2, 0.25) is 0 Å². The molecule has 0 fully saturated rings. The van der Waals surface area contributed by atoms with E-state index < -0.39 is 0 Å². The first-order valence-corrected chi connectivity index (χ1v) is 10.2. The number of aromatic nitrogens is 2. The van der Waals surface area contributed by atoms with Gasteiger partial charge in [-0.15, -0.1) is 0 Å². The summed E-state index contributed by atoms with van der Waals surface area (Å²) in [5, 5.41) is 14.1. The van der Waals surface area contributed by atoms with E-state index in [4.69, 9.17) is 9.26 Å². The van der Waals surface area contributed by atoms with Gasteiger partial charge in [-0.25, -0.2) is 4.98 Å². The summed E-state index contributed by atoms with van der Waals surface area (Å²) in [4.78, 5) is 7.57. The van der Waals surface area contributed by atoms with Gasteiger partial charge in [0.2, 0.25) is 0 Å². The monoisotopic (exact) mass is 405 g/mol. The van der Waals surface area contributed by atoms with Crippen LogP contribution in [0.1, 0.15) is 29.9 Å². The zero-order valence-electron chi connectivity index (χ0n) is 15.8. The molecule has 146 valence electrons. The van der Waals surface area contributed by atoms with Crippen molar-refractivity contribution in [1.29, 1.82) is 0 Å². The lowest BCUT2D eigenvalue weighted by Crippen LogP contribution is -2.20. The predicted octanol–water partition coefficient (Wildman–Crippen LogP) is 5.37. The zero-order valence-corrected chi connectivity index (χ0v) is 16.6. The molecule has 0 saturated heterocycles. The Balaban J connectivity index is 1.29. The van der Waals surface area contributed by atoms with Crippen LogP contribution in [0.25, 0.3) is 10.6 Å². The third kappa shape index (κ3) is 3.62. The summed E-state index contributed by atoms with van der Waals surface area (Å²) in [7, 11) is 0. The van der Waals surface area contributed by atoms with Gasteiger partial charge in [0.15, 0.2) is 5.76 Å². The summed E-state index contributed by atoms with van der Waals surface area (Å²) in [6.45, 7) is 3.97. The molecule has 3 heterocycles. The highest BCUT2D eigenvalue weighted by Gasteiger charge is 2.26. The molecule has 2 aromatic carbocycles. The lowest BCUT2D eigenvalue weighted by Gasteiger charge is -2.20. The molecule has 0 aliphatic carbocycles. The van der Waals surface area contributed by atoms with Crippen LogP contribution in [0.3, 0.4) is 0 Å². The van der Waals surface area contributed by atoms with Crippen molar-refractivity contribution in [3.05, 3.63) is 77.7 Å². The van der Waals surface area contributed by atoms with Gasteiger partial charge in [-0.1, -0.05) is 40.8 Å². The third-order valence-electron chi connectivity index (χ3n) is 5.13. The molecule has 0 amide bonds. The number of ether oxygens (including phenoxy) is 1. The van der Waals surface area contributed by atoms with E-state index in [1.54, 1.807) is 30.5 Å². The number of nitrogens with zero attached hydrogens (tertiary/aromatic N) is 3.